The Labute approximate surface area is 132 Å². The van der Waals surface area contributed by atoms with Crippen molar-refractivity contribution in [2.75, 3.05) is 0 Å². The molecule has 1 saturated heterocycles. The summed E-state index contributed by atoms with van der Waals surface area (Å²) >= 11 is 0. The number of rotatable bonds is 5. The molecule has 1 aromatic carbocycles. The lowest BCUT2D eigenvalue weighted by Crippen LogP contribution is -2.54. The van der Waals surface area contributed by atoms with Gasteiger partial charge in [-0.25, -0.2) is 8.98 Å². The van der Waals surface area contributed by atoms with E-state index in [2.05, 4.69) is 4.18 Å². The number of aliphatic carboxylic acids is 1. The summed E-state index contributed by atoms with van der Waals surface area (Å²) in [7, 11) is -4.89. The molecule has 2 unspecified atom stereocenters. The second-order valence-corrected chi connectivity index (χ2v) is 6.10. The quantitative estimate of drug-likeness (QED) is 0.633. The number of aliphatic hydroxyl groups is 1. The fourth-order valence-corrected chi connectivity index (χ4v) is 2.58. The molecule has 1 aliphatic heterocycles. The van der Waals surface area contributed by atoms with E-state index in [1.165, 1.54) is 0 Å². The van der Waals surface area contributed by atoms with Crippen LogP contribution in [0.3, 0.4) is 0 Å². The highest BCUT2D eigenvalue weighted by Crippen LogP contribution is 2.27. The third kappa shape index (κ3) is 4.88. The summed E-state index contributed by atoms with van der Waals surface area (Å²) in [6.07, 6.45) is -6.49. The van der Waals surface area contributed by atoms with E-state index in [0.717, 1.165) is 5.56 Å². The summed E-state index contributed by atoms with van der Waals surface area (Å²) in [5.74, 6) is -1.09. The smallest absolute Gasteiger partial charge is 0.397 e. The molecule has 10 heteroatoms. The maximum Gasteiger partial charge on any atom is 0.397 e. The molecule has 0 spiro atoms. The molecule has 4 atom stereocenters. The maximum absolute atomic E-state index is 11.0. The summed E-state index contributed by atoms with van der Waals surface area (Å²) in [6.45, 7) is 1.84. The first-order valence-electron chi connectivity index (χ1n) is 6.61. The maximum atomic E-state index is 11.0. The molecule has 23 heavy (non-hydrogen) atoms. The highest BCUT2D eigenvalue weighted by Gasteiger charge is 2.45. The molecular weight excluding hydrogens is 332 g/mol. The molecule has 0 amide bonds. The SMILES string of the molecule is Cc1ccc(O[C@@H]2OC(C(=O)O)C[C@H](O)C2OS(=O)(=O)O)cc1. The highest BCUT2D eigenvalue weighted by atomic mass is 32.3. The van der Waals surface area contributed by atoms with Gasteiger partial charge in [0, 0.05) is 6.42 Å². The largest absolute Gasteiger partial charge is 0.479 e. The van der Waals surface area contributed by atoms with E-state index >= 15 is 0 Å². The Morgan fingerprint density at radius 2 is 1.91 bits per heavy atom. The van der Waals surface area contributed by atoms with E-state index in [-0.39, 0.29) is 5.75 Å². The Balaban J connectivity index is 2.23. The van der Waals surface area contributed by atoms with Gasteiger partial charge in [-0.1, -0.05) is 17.7 Å². The van der Waals surface area contributed by atoms with Crippen LogP contribution in [0, 0.1) is 6.92 Å². The minimum Gasteiger partial charge on any atom is -0.479 e. The first-order valence-corrected chi connectivity index (χ1v) is 7.97. The van der Waals surface area contributed by atoms with Crippen LogP contribution in [0.1, 0.15) is 12.0 Å². The minimum atomic E-state index is -4.89. The van der Waals surface area contributed by atoms with Crippen LogP contribution in [-0.2, 0) is 24.1 Å². The number of benzene rings is 1. The number of carboxylic acids is 1. The van der Waals surface area contributed by atoms with Gasteiger partial charge in [-0.05, 0) is 19.1 Å². The zero-order chi connectivity index (χ0) is 17.2. The topological polar surface area (TPSA) is 140 Å². The van der Waals surface area contributed by atoms with E-state index in [0.29, 0.717) is 0 Å². The predicted octanol–water partition coefficient (Wildman–Crippen LogP) is 0.122. The predicted molar refractivity (Wildman–Crippen MR) is 75.1 cm³/mol. The number of aryl methyl sites for hydroxylation is 1. The molecule has 9 nitrogen and oxygen atoms in total. The van der Waals surface area contributed by atoms with Crippen molar-refractivity contribution in [2.45, 2.75) is 37.9 Å². The van der Waals surface area contributed by atoms with Crippen molar-refractivity contribution in [2.24, 2.45) is 0 Å². The zero-order valence-corrected chi connectivity index (χ0v) is 12.8. The molecule has 0 bridgehead atoms. The number of ether oxygens (including phenoxy) is 2. The number of aliphatic hydroxyl groups excluding tert-OH is 1. The van der Waals surface area contributed by atoms with Crippen molar-refractivity contribution in [1.29, 1.82) is 0 Å². The molecule has 1 aromatic rings. The van der Waals surface area contributed by atoms with Crippen LogP contribution in [0.5, 0.6) is 5.75 Å². The fraction of sp³-hybridized carbons (Fsp3) is 0.462. The van der Waals surface area contributed by atoms with Crippen molar-refractivity contribution < 1.29 is 41.6 Å². The molecule has 1 fully saturated rings. The number of carbonyl (C=O) groups is 1. The van der Waals surface area contributed by atoms with Crippen LogP contribution in [0.2, 0.25) is 0 Å². The summed E-state index contributed by atoms with van der Waals surface area (Å²) in [5, 5.41) is 18.9. The van der Waals surface area contributed by atoms with Gasteiger partial charge < -0.3 is 19.7 Å². The van der Waals surface area contributed by atoms with E-state index in [9.17, 15) is 18.3 Å². The normalized spacial score (nSPS) is 28.3. The van der Waals surface area contributed by atoms with Gasteiger partial charge in [0.25, 0.3) is 0 Å². The molecule has 128 valence electrons. The number of carboxylic acid groups (broad SMARTS) is 1. The second kappa shape index (κ2) is 6.81. The van der Waals surface area contributed by atoms with Crippen LogP contribution in [0.25, 0.3) is 0 Å². The van der Waals surface area contributed by atoms with Crippen molar-refractivity contribution in [3.8, 4) is 5.75 Å². The Kier molecular flexibility index (Phi) is 5.22. The average Bonchev–Trinajstić information content (AvgIpc) is 2.43. The molecule has 0 saturated carbocycles. The minimum absolute atomic E-state index is 0.253. The van der Waals surface area contributed by atoms with Crippen molar-refractivity contribution in [1.82, 2.24) is 0 Å². The van der Waals surface area contributed by atoms with Crippen LogP contribution >= 0.6 is 0 Å². The second-order valence-electron chi connectivity index (χ2n) is 5.05. The lowest BCUT2D eigenvalue weighted by atomic mass is 10.0. The lowest BCUT2D eigenvalue weighted by molar-refractivity contribution is -0.232. The van der Waals surface area contributed by atoms with Crippen molar-refractivity contribution in [3.05, 3.63) is 29.8 Å². The molecule has 3 N–H and O–H groups in total. The Morgan fingerprint density at radius 3 is 2.43 bits per heavy atom. The first-order chi connectivity index (χ1) is 10.7. The molecule has 1 heterocycles. The van der Waals surface area contributed by atoms with Gasteiger partial charge in [0.1, 0.15) is 5.75 Å². The van der Waals surface area contributed by atoms with Crippen LogP contribution < -0.4 is 4.74 Å². The van der Waals surface area contributed by atoms with Crippen LogP contribution in [-0.4, -0.2) is 53.8 Å². The van der Waals surface area contributed by atoms with E-state index < -0.39 is 47.4 Å². The van der Waals surface area contributed by atoms with Gasteiger partial charge in [0.05, 0.1) is 6.10 Å². The van der Waals surface area contributed by atoms with Gasteiger partial charge in [0.15, 0.2) is 12.2 Å². The fourth-order valence-electron chi connectivity index (χ4n) is 2.08. The summed E-state index contributed by atoms with van der Waals surface area (Å²) < 4.78 is 45.5. The molecule has 0 radical (unpaired) electrons. The standard InChI is InChI=1S/C13H16O9S/c1-7-2-4-8(5-3-7)20-13-11(22-23(17,18)19)9(14)6-10(21-13)12(15)16/h2-5,9-11,13-14H,6H2,1H3,(H,15,16)(H,17,18,19)/t9-,10?,11?,13+/m0/s1. The van der Waals surface area contributed by atoms with Gasteiger partial charge in [-0.2, -0.15) is 8.42 Å². The third-order valence-corrected chi connectivity index (χ3v) is 3.65. The average molecular weight is 348 g/mol. The monoisotopic (exact) mass is 348 g/mol. The summed E-state index contributed by atoms with van der Waals surface area (Å²) in [6, 6.07) is 6.53. The van der Waals surface area contributed by atoms with E-state index in [4.69, 9.17) is 19.1 Å². The van der Waals surface area contributed by atoms with E-state index in [1.54, 1.807) is 24.3 Å². The van der Waals surface area contributed by atoms with Crippen molar-refractivity contribution >= 4 is 16.4 Å². The third-order valence-electron chi connectivity index (χ3n) is 3.18. The highest BCUT2D eigenvalue weighted by molar-refractivity contribution is 7.80. The lowest BCUT2D eigenvalue weighted by Gasteiger charge is -2.36. The van der Waals surface area contributed by atoms with Crippen LogP contribution in [0.15, 0.2) is 24.3 Å². The number of hydrogen-bond donors (Lipinski definition) is 3. The molecular formula is C13H16O9S. The molecule has 0 aliphatic carbocycles. The Bertz CT molecular complexity index is 655. The van der Waals surface area contributed by atoms with Gasteiger partial charge in [-0.15, -0.1) is 0 Å². The Morgan fingerprint density at radius 1 is 1.30 bits per heavy atom. The van der Waals surface area contributed by atoms with Gasteiger partial charge in [0.2, 0.25) is 6.29 Å². The van der Waals surface area contributed by atoms with Gasteiger partial charge in [-0.3, -0.25) is 4.55 Å². The number of hydrogen-bond acceptors (Lipinski definition) is 7. The first kappa shape index (κ1) is 17.6. The molecule has 2 rings (SSSR count). The molecule has 0 aromatic heterocycles. The van der Waals surface area contributed by atoms with Crippen molar-refractivity contribution in [3.63, 3.8) is 0 Å². The molecule has 1 aliphatic rings. The Hall–Kier alpha value is -1.72. The summed E-state index contributed by atoms with van der Waals surface area (Å²) in [4.78, 5) is 11.0. The zero-order valence-electron chi connectivity index (χ0n) is 12.0. The van der Waals surface area contributed by atoms with Crippen LogP contribution in [0.4, 0.5) is 0 Å². The summed E-state index contributed by atoms with van der Waals surface area (Å²) in [5.41, 5.74) is 0.941. The van der Waals surface area contributed by atoms with E-state index in [1.807, 2.05) is 6.92 Å². The van der Waals surface area contributed by atoms with Gasteiger partial charge >= 0.3 is 16.4 Å².